The number of halogens is 3. The van der Waals surface area contributed by atoms with Gasteiger partial charge in [-0.25, -0.2) is 14.9 Å². The van der Waals surface area contributed by atoms with Crippen LogP contribution in [0, 0.1) is 0 Å². The van der Waals surface area contributed by atoms with Gasteiger partial charge in [0.2, 0.25) is 0 Å². The lowest BCUT2D eigenvalue weighted by atomic mass is 10.0. The molecule has 0 radical (unpaired) electrons. The Morgan fingerprint density at radius 2 is 1.96 bits per heavy atom. The van der Waals surface area contributed by atoms with E-state index in [0.717, 1.165) is 30.9 Å². The highest BCUT2D eigenvalue weighted by molar-refractivity contribution is 5.94. The highest BCUT2D eigenvalue weighted by Gasteiger charge is 2.27. The highest BCUT2D eigenvalue weighted by atomic mass is 35.5. The lowest BCUT2D eigenvalue weighted by Crippen LogP contribution is -2.46. The number of anilines is 1. The summed E-state index contributed by atoms with van der Waals surface area (Å²) < 4.78 is 13.4. The van der Waals surface area contributed by atoms with Crippen LogP contribution in [0.4, 0.5) is 10.2 Å². The van der Waals surface area contributed by atoms with Gasteiger partial charge < -0.3 is 5.32 Å². The molecule has 9 heteroatoms. The second-order valence-corrected chi connectivity index (χ2v) is 6.83. The molecule has 1 saturated carbocycles. The number of amides is 1. The molecule has 1 aromatic rings. The number of hydroxylamine groups is 1. The van der Waals surface area contributed by atoms with Crippen LogP contribution in [0.2, 0.25) is 0 Å². The second-order valence-electron chi connectivity index (χ2n) is 6.83. The summed E-state index contributed by atoms with van der Waals surface area (Å²) in [5.41, 5.74) is 1.72. The summed E-state index contributed by atoms with van der Waals surface area (Å²) >= 11 is 0. The molecule has 2 fully saturated rings. The molecular weight excluding hydrogens is 394 g/mol. The van der Waals surface area contributed by atoms with Crippen molar-refractivity contribution in [1.82, 2.24) is 15.4 Å². The molecule has 27 heavy (non-hydrogen) atoms. The fourth-order valence-corrected chi connectivity index (χ4v) is 3.78. The number of pyridine rings is 1. The van der Waals surface area contributed by atoms with Gasteiger partial charge in [-0.05, 0) is 56.0 Å². The molecule has 3 rings (SSSR count). The van der Waals surface area contributed by atoms with Crippen LogP contribution >= 0.6 is 24.8 Å². The quantitative estimate of drug-likeness (QED) is 0.385. The monoisotopic (exact) mass is 420 g/mol. The zero-order valence-corrected chi connectivity index (χ0v) is 16.7. The minimum Gasteiger partial charge on any atom is -0.366 e. The van der Waals surface area contributed by atoms with E-state index < -0.39 is 11.7 Å². The van der Waals surface area contributed by atoms with E-state index >= 15 is 0 Å². The van der Waals surface area contributed by atoms with Crippen molar-refractivity contribution in [2.24, 2.45) is 0 Å². The summed E-state index contributed by atoms with van der Waals surface area (Å²) in [7, 11) is 0. The molecule has 1 aromatic heterocycles. The maximum Gasteiger partial charge on any atom is 0.303 e. The third-order valence-corrected chi connectivity index (χ3v) is 5.04. The number of piperidine rings is 1. The normalized spacial score (nSPS) is 21.1. The Labute approximate surface area is 171 Å². The maximum atomic E-state index is 13.4. The molecule has 1 atom stereocenters. The SMILES string of the molecule is Cl.Cl.O=C(NO)/C(F)=C/c1ccc(N[C@@H]2CCCN(C3CCCC3)C2)nc1. The molecule has 0 aromatic carbocycles. The van der Waals surface area contributed by atoms with Gasteiger partial charge in [0.25, 0.3) is 0 Å². The van der Waals surface area contributed by atoms with Crippen molar-refractivity contribution in [2.45, 2.75) is 50.6 Å². The van der Waals surface area contributed by atoms with Crippen LogP contribution in [0.1, 0.15) is 44.1 Å². The summed E-state index contributed by atoms with van der Waals surface area (Å²) in [5.74, 6) is -1.48. The van der Waals surface area contributed by atoms with Crippen molar-refractivity contribution in [3.8, 4) is 0 Å². The van der Waals surface area contributed by atoms with Gasteiger partial charge in [-0.2, -0.15) is 0 Å². The summed E-state index contributed by atoms with van der Waals surface area (Å²) in [5, 5.41) is 11.9. The van der Waals surface area contributed by atoms with Crippen LogP contribution < -0.4 is 10.8 Å². The van der Waals surface area contributed by atoms with Crippen molar-refractivity contribution in [2.75, 3.05) is 18.4 Å². The number of aromatic nitrogens is 1. The van der Waals surface area contributed by atoms with Gasteiger partial charge in [0, 0.05) is 24.8 Å². The van der Waals surface area contributed by atoms with Crippen molar-refractivity contribution in [3.63, 3.8) is 0 Å². The average molecular weight is 421 g/mol. The molecule has 1 aliphatic heterocycles. The molecule has 152 valence electrons. The summed E-state index contributed by atoms with van der Waals surface area (Å²) in [6.07, 6.45) is 10.2. The Kier molecular flexibility index (Phi) is 10.0. The zero-order chi connectivity index (χ0) is 17.6. The van der Waals surface area contributed by atoms with E-state index in [0.29, 0.717) is 11.6 Å². The molecule has 3 N–H and O–H groups in total. The Morgan fingerprint density at radius 3 is 2.59 bits per heavy atom. The largest absolute Gasteiger partial charge is 0.366 e. The van der Waals surface area contributed by atoms with E-state index in [-0.39, 0.29) is 24.8 Å². The van der Waals surface area contributed by atoms with E-state index in [1.165, 1.54) is 50.3 Å². The summed E-state index contributed by atoms with van der Waals surface area (Å²) in [6, 6.07) is 4.59. The molecule has 0 bridgehead atoms. The highest BCUT2D eigenvalue weighted by Crippen LogP contribution is 2.26. The lowest BCUT2D eigenvalue weighted by molar-refractivity contribution is -0.126. The van der Waals surface area contributed by atoms with Crippen LogP contribution in [-0.2, 0) is 4.79 Å². The Balaban J connectivity index is 0.00000182. The second kappa shape index (κ2) is 11.4. The number of carbonyl (C=O) groups is 1. The first-order valence-electron chi connectivity index (χ1n) is 8.94. The smallest absolute Gasteiger partial charge is 0.303 e. The molecular formula is C18H27Cl2FN4O2. The molecule has 0 unspecified atom stereocenters. The van der Waals surface area contributed by atoms with Gasteiger partial charge in [-0.1, -0.05) is 12.8 Å². The van der Waals surface area contributed by atoms with Crippen LogP contribution in [0.25, 0.3) is 6.08 Å². The van der Waals surface area contributed by atoms with Crippen LogP contribution in [-0.4, -0.2) is 46.2 Å². The van der Waals surface area contributed by atoms with Crippen molar-refractivity contribution >= 4 is 42.6 Å². The number of carbonyl (C=O) groups excluding carboxylic acids is 1. The standard InChI is InChI=1S/C18H25FN4O2.2ClH/c19-16(18(24)22-25)10-13-7-8-17(20-11-13)21-14-4-3-9-23(12-14)15-5-1-2-6-15;;/h7-8,10-11,14-15,25H,1-6,9,12H2,(H,20,21)(H,22,24);2*1H/b16-10-;;/t14-;;/m1../s1. The number of rotatable bonds is 5. The predicted molar refractivity (Wildman–Crippen MR) is 108 cm³/mol. The molecule has 1 amide bonds. The average Bonchev–Trinajstić information content (AvgIpc) is 3.17. The Bertz CT molecular complexity index is 624. The van der Waals surface area contributed by atoms with Gasteiger partial charge in [-0.15, -0.1) is 24.8 Å². The van der Waals surface area contributed by atoms with Gasteiger partial charge >= 0.3 is 5.91 Å². The van der Waals surface area contributed by atoms with Crippen molar-refractivity contribution in [1.29, 1.82) is 0 Å². The predicted octanol–water partition coefficient (Wildman–Crippen LogP) is 3.56. The van der Waals surface area contributed by atoms with Crippen LogP contribution in [0.15, 0.2) is 24.2 Å². The first kappa shape index (κ1) is 23.6. The lowest BCUT2D eigenvalue weighted by Gasteiger charge is -2.37. The molecule has 1 saturated heterocycles. The number of nitrogens with zero attached hydrogens (tertiary/aromatic N) is 2. The topological polar surface area (TPSA) is 77.5 Å². The summed E-state index contributed by atoms with van der Waals surface area (Å²) in [4.78, 5) is 17.8. The molecule has 2 heterocycles. The van der Waals surface area contributed by atoms with Crippen LogP contribution in [0.5, 0.6) is 0 Å². The fraction of sp³-hybridized carbons (Fsp3) is 0.556. The molecule has 6 nitrogen and oxygen atoms in total. The van der Waals surface area contributed by atoms with E-state index in [4.69, 9.17) is 5.21 Å². The van der Waals surface area contributed by atoms with Gasteiger partial charge in [-0.3, -0.25) is 14.9 Å². The number of hydrogen-bond donors (Lipinski definition) is 3. The maximum absolute atomic E-state index is 13.4. The minimum atomic E-state index is -1.17. The van der Waals surface area contributed by atoms with E-state index in [1.807, 2.05) is 0 Å². The van der Waals surface area contributed by atoms with Gasteiger partial charge in [0.1, 0.15) is 5.82 Å². The molecule has 0 spiro atoms. The number of nitrogens with one attached hydrogen (secondary N) is 2. The number of likely N-dealkylation sites (tertiary alicyclic amines) is 1. The van der Waals surface area contributed by atoms with Crippen molar-refractivity contribution in [3.05, 3.63) is 29.7 Å². The Hall–Kier alpha value is -1.41. The van der Waals surface area contributed by atoms with E-state index in [9.17, 15) is 9.18 Å². The summed E-state index contributed by atoms with van der Waals surface area (Å²) in [6.45, 7) is 2.23. The number of hydrogen-bond acceptors (Lipinski definition) is 5. The third-order valence-electron chi connectivity index (χ3n) is 5.04. The first-order valence-corrected chi connectivity index (χ1v) is 8.94. The minimum absolute atomic E-state index is 0. The zero-order valence-electron chi connectivity index (χ0n) is 15.1. The first-order chi connectivity index (χ1) is 12.2. The van der Waals surface area contributed by atoms with Gasteiger partial charge in [0.15, 0.2) is 5.83 Å². The molecule has 2 aliphatic rings. The van der Waals surface area contributed by atoms with Crippen molar-refractivity contribution < 1.29 is 14.4 Å². The third kappa shape index (κ3) is 6.60. The van der Waals surface area contributed by atoms with Crippen LogP contribution in [0.3, 0.4) is 0 Å². The fourth-order valence-electron chi connectivity index (χ4n) is 3.78. The molecule has 1 aliphatic carbocycles. The van der Waals surface area contributed by atoms with E-state index in [1.54, 1.807) is 12.1 Å². The van der Waals surface area contributed by atoms with Gasteiger partial charge in [0.05, 0.1) is 0 Å². The Morgan fingerprint density at radius 1 is 1.22 bits per heavy atom. The van der Waals surface area contributed by atoms with E-state index in [2.05, 4.69) is 15.2 Å².